The van der Waals surface area contributed by atoms with Crippen LogP contribution in [0.5, 0.6) is 5.75 Å². The van der Waals surface area contributed by atoms with Crippen molar-refractivity contribution in [1.29, 1.82) is 0 Å². The fourth-order valence-electron chi connectivity index (χ4n) is 3.31. The molecule has 1 N–H and O–H groups in total. The monoisotopic (exact) mass is 357 g/mol. The predicted molar refractivity (Wildman–Crippen MR) is 91.8 cm³/mol. The van der Waals surface area contributed by atoms with Crippen molar-refractivity contribution in [2.75, 3.05) is 46.4 Å². The number of amides is 1. The summed E-state index contributed by atoms with van der Waals surface area (Å²) >= 11 is 12.1. The molecule has 126 valence electrons. The molecule has 0 spiro atoms. The van der Waals surface area contributed by atoms with Gasteiger partial charge >= 0.3 is 0 Å². The van der Waals surface area contributed by atoms with Crippen LogP contribution in [0.1, 0.15) is 16.8 Å². The Hall–Kier alpha value is -1.01. The van der Waals surface area contributed by atoms with Crippen LogP contribution < -0.4 is 10.1 Å². The standard InChI is InChI=1S/C16H21Cl2N3O2/c1-23-15-9-14(18)13(17)8-12(15)16(22)21-5-2-11(10-21)20-6-3-19-4-7-20/h8-9,11,19H,2-7,10H2,1H3. The maximum Gasteiger partial charge on any atom is 0.257 e. The van der Waals surface area contributed by atoms with Crippen LogP contribution in [0.4, 0.5) is 0 Å². The molecule has 1 unspecified atom stereocenters. The number of nitrogens with zero attached hydrogens (tertiary/aromatic N) is 2. The van der Waals surface area contributed by atoms with Gasteiger partial charge in [-0.05, 0) is 12.5 Å². The van der Waals surface area contributed by atoms with Crippen LogP contribution in [-0.2, 0) is 0 Å². The number of benzene rings is 1. The zero-order valence-corrected chi connectivity index (χ0v) is 14.7. The maximum atomic E-state index is 12.8. The molecule has 5 nitrogen and oxygen atoms in total. The van der Waals surface area contributed by atoms with Gasteiger partial charge in [-0.3, -0.25) is 9.69 Å². The highest BCUT2D eigenvalue weighted by Crippen LogP contribution is 2.32. The molecule has 1 aromatic carbocycles. The lowest BCUT2D eigenvalue weighted by atomic mass is 10.1. The highest BCUT2D eigenvalue weighted by Gasteiger charge is 2.32. The zero-order valence-electron chi connectivity index (χ0n) is 13.1. The summed E-state index contributed by atoms with van der Waals surface area (Å²) in [6, 6.07) is 3.64. The molecule has 0 aromatic heterocycles. The molecule has 7 heteroatoms. The van der Waals surface area contributed by atoms with Crippen LogP contribution in [0, 0.1) is 0 Å². The highest BCUT2D eigenvalue weighted by atomic mass is 35.5. The molecule has 2 aliphatic heterocycles. The Morgan fingerprint density at radius 1 is 1.22 bits per heavy atom. The molecule has 0 bridgehead atoms. The average molecular weight is 358 g/mol. The van der Waals surface area contributed by atoms with E-state index >= 15 is 0 Å². The SMILES string of the molecule is COc1cc(Cl)c(Cl)cc1C(=O)N1CCC(N2CCNCC2)C1. The molecular weight excluding hydrogens is 337 g/mol. The predicted octanol–water partition coefficient (Wildman–Crippen LogP) is 2.12. The zero-order chi connectivity index (χ0) is 16.4. The van der Waals surface area contributed by atoms with Crippen molar-refractivity contribution in [3.8, 4) is 5.75 Å². The van der Waals surface area contributed by atoms with E-state index in [2.05, 4.69) is 10.2 Å². The van der Waals surface area contributed by atoms with Gasteiger partial charge in [-0.15, -0.1) is 0 Å². The van der Waals surface area contributed by atoms with Gasteiger partial charge in [0.25, 0.3) is 5.91 Å². The van der Waals surface area contributed by atoms with Crippen molar-refractivity contribution in [2.45, 2.75) is 12.5 Å². The maximum absolute atomic E-state index is 12.8. The van der Waals surface area contributed by atoms with E-state index < -0.39 is 0 Å². The quantitative estimate of drug-likeness (QED) is 0.899. The molecule has 1 aromatic rings. The van der Waals surface area contributed by atoms with E-state index in [0.29, 0.717) is 27.4 Å². The molecule has 2 heterocycles. The van der Waals surface area contributed by atoms with E-state index in [-0.39, 0.29) is 5.91 Å². The van der Waals surface area contributed by atoms with Crippen molar-refractivity contribution in [3.05, 3.63) is 27.7 Å². The summed E-state index contributed by atoms with van der Waals surface area (Å²) in [4.78, 5) is 17.2. The Labute approximate surface area is 146 Å². The summed E-state index contributed by atoms with van der Waals surface area (Å²) in [7, 11) is 1.53. The lowest BCUT2D eigenvalue weighted by molar-refractivity contribution is 0.0770. The summed E-state index contributed by atoms with van der Waals surface area (Å²) < 4.78 is 5.30. The molecule has 2 fully saturated rings. The first-order chi connectivity index (χ1) is 11.1. The van der Waals surface area contributed by atoms with E-state index in [1.807, 2.05) is 4.90 Å². The molecule has 23 heavy (non-hydrogen) atoms. The highest BCUT2D eigenvalue weighted by molar-refractivity contribution is 6.42. The number of ether oxygens (including phenoxy) is 1. The molecule has 2 saturated heterocycles. The van der Waals surface area contributed by atoms with Crippen molar-refractivity contribution in [3.63, 3.8) is 0 Å². The number of carbonyl (C=O) groups is 1. The number of methoxy groups -OCH3 is 1. The number of halogens is 2. The summed E-state index contributed by atoms with van der Waals surface area (Å²) in [6.07, 6.45) is 1.01. The summed E-state index contributed by atoms with van der Waals surface area (Å²) in [5.74, 6) is 0.424. The fraction of sp³-hybridized carbons (Fsp3) is 0.562. The Balaban J connectivity index is 1.73. The van der Waals surface area contributed by atoms with E-state index in [0.717, 1.165) is 45.7 Å². The van der Waals surface area contributed by atoms with Gasteiger partial charge in [0.1, 0.15) is 5.75 Å². The normalized spacial score (nSPS) is 22.4. The van der Waals surface area contributed by atoms with Gasteiger partial charge in [0.15, 0.2) is 0 Å². The van der Waals surface area contributed by atoms with Gasteiger partial charge < -0.3 is 15.0 Å². The third-order valence-corrected chi connectivity index (χ3v) is 5.31. The lowest BCUT2D eigenvalue weighted by Crippen LogP contribution is -2.49. The number of rotatable bonds is 3. The second kappa shape index (κ2) is 7.26. The number of likely N-dealkylation sites (tertiary alicyclic amines) is 1. The molecule has 0 saturated carbocycles. The third kappa shape index (κ3) is 3.58. The number of carbonyl (C=O) groups excluding carboxylic acids is 1. The Bertz CT molecular complexity index is 591. The smallest absolute Gasteiger partial charge is 0.257 e. The van der Waals surface area contributed by atoms with Crippen LogP contribution >= 0.6 is 23.2 Å². The van der Waals surface area contributed by atoms with E-state index in [1.54, 1.807) is 12.1 Å². The average Bonchev–Trinajstić information content (AvgIpc) is 3.07. The lowest BCUT2D eigenvalue weighted by Gasteiger charge is -2.32. The molecule has 1 atom stereocenters. The molecular formula is C16H21Cl2N3O2. The number of hydrogen-bond donors (Lipinski definition) is 1. The minimum atomic E-state index is -0.0435. The van der Waals surface area contributed by atoms with Gasteiger partial charge in [0.2, 0.25) is 0 Å². The van der Waals surface area contributed by atoms with Crippen LogP contribution in [-0.4, -0.2) is 68.1 Å². The Kier molecular flexibility index (Phi) is 5.31. The number of piperazine rings is 1. The van der Waals surface area contributed by atoms with Crippen LogP contribution in [0.25, 0.3) is 0 Å². The topological polar surface area (TPSA) is 44.8 Å². The Morgan fingerprint density at radius 3 is 2.61 bits per heavy atom. The van der Waals surface area contributed by atoms with Gasteiger partial charge in [-0.2, -0.15) is 0 Å². The molecule has 2 aliphatic rings. The molecule has 1 amide bonds. The number of nitrogens with one attached hydrogen (secondary N) is 1. The van der Waals surface area contributed by atoms with Crippen LogP contribution in [0.2, 0.25) is 10.0 Å². The van der Waals surface area contributed by atoms with Crippen molar-refractivity contribution in [1.82, 2.24) is 15.1 Å². The van der Waals surface area contributed by atoms with Crippen LogP contribution in [0.15, 0.2) is 12.1 Å². The first-order valence-corrected chi connectivity index (χ1v) is 8.63. The van der Waals surface area contributed by atoms with E-state index in [4.69, 9.17) is 27.9 Å². The summed E-state index contributed by atoms with van der Waals surface area (Å²) in [6.45, 7) is 5.64. The summed E-state index contributed by atoms with van der Waals surface area (Å²) in [5, 5.41) is 4.12. The Morgan fingerprint density at radius 2 is 1.91 bits per heavy atom. The first kappa shape index (κ1) is 16.8. The third-order valence-electron chi connectivity index (χ3n) is 4.59. The second-order valence-corrected chi connectivity index (χ2v) is 6.76. The van der Waals surface area contributed by atoms with Gasteiger partial charge in [-0.25, -0.2) is 0 Å². The largest absolute Gasteiger partial charge is 0.496 e. The molecule has 3 rings (SSSR count). The second-order valence-electron chi connectivity index (χ2n) is 5.95. The van der Waals surface area contributed by atoms with Gasteiger partial charge in [0.05, 0.1) is 22.7 Å². The van der Waals surface area contributed by atoms with E-state index in [9.17, 15) is 4.79 Å². The first-order valence-electron chi connectivity index (χ1n) is 7.87. The number of hydrogen-bond acceptors (Lipinski definition) is 4. The minimum Gasteiger partial charge on any atom is -0.496 e. The van der Waals surface area contributed by atoms with E-state index in [1.165, 1.54) is 7.11 Å². The van der Waals surface area contributed by atoms with Crippen molar-refractivity contribution in [2.24, 2.45) is 0 Å². The van der Waals surface area contributed by atoms with Crippen molar-refractivity contribution >= 4 is 29.1 Å². The summed E-state index contributed by atoms with van der Waals surface area (Å²) in [5.41, 5.74) is 0.475. The van der Waals surface area contributed by atoms with Gasteiger partial charge in [0, 0.05) is 51.4 Å². The molecule has 0 radical (unpaired) electrons. The van der Waals surface area contributed by atoms with Crippen LogP contribution in [0.3, 0.4) is 0 Å². The fourth-order valence-corrected chi connectivity index (χ4v) is 3.62. The van der Waals surface area contributed by atoms with Gasteiger partial charge in [-0.1, -0.05) is 23.2 Å². The minimum absolute atomic E-state index is 0.0435. The van der Waals surface area contributed by atoms with Crippen molar-refractivity contribution < 1.29 is 9.53 Å². The molecule has 0 aliphatic carbocycles.